The fraction of sp³-hybridized carbons (Fsp3) is 0.417. The van der Waals surface area contributed by atoms with Crippen molar-refractivity contribution in [1.29, 1.82) is 0 Å². The van der Waals surface area contributed by atoms with Gasteiger partial charge in [-0.05, 0) is 31.7 Å². The largest absolute Gasteiger partial charge is 0.372 e. The van der Waals surface area contributed by atoms with E-state index in [0.29, 0.717) is 6.61 Å². The van der Waals surface area contributed by atoms with E-state index in [9.17, 15) is 4.79 Å². The van der Waals surface area contributed by atoms with Gasteiger partial charge < -0.3 is 15.4 Å². The van der Waals surface area contributed by atoms with E-state index in [1.165, 1.54) is 5.56 Å². The lowest BCUT2D eigenvalue weighted by Crippen LogP contribution is -2.18. The molecule has 0 aliphatic heterocycles. The van der Waals surface area contributed by atoms with Crippen LogP contribution in [0.4, 0.5) is 5.69 Å². The third-order valence-corrected chi connectivity index (χ3v) is 2.06. The van der Waals surface area contributed by atoms with Crippen LogP contribution in [0.3, 0.4) is 0 Å². The summed E-state index contributed by atoms with van der Waals surface area (Å²) >= 11 is 0. The average Bonchev–Trinajstić information content (AvgIpc) is 2.29. The lowest BCUT2D eigenvalue weighted by Gasteiger charge is -2.06. The third-order valence-electron chi connectivity index (χ3n) is 2.06. The van der Waals surface area contributed by atoms with Gasteiger partial charge in [0.15, 0.2) is 0 Å². The minimum atomic E-state index is -0.122. The molecule has 0 heterocycles. The molecular weight excluding hydrogens is 240 g/mol. The van der Waals surface area contributed by atoms with Crippen LogP contribution in [0.1, 0.15) is 12.5 Å². The molecule has 17 heavy (non-hydrogen) atoms. The van der Waals surface area contributed by atoms with Gasteiger partial charge >= 0.3 is 0 Å². The van der Waals surface area contributed by atoms with E-state index in [4.69, 9.17) is 4.74 Å². The summed E-state index contributed by atoms with van der Waals surface area (Å²) < 4.78 is 5.01. The molecule has 1 rings (SSSR count). The minimum Gasteiger partial charge on any atom is -0.372 e. The van der Waals surface area contributed by atoms with E-state index in [2.05, 4.69) is 10.6 Å². The highest BCUT2D eigenvalue weighted by atomic mass is 35.5. The summed E-state index contributed by atoms with van der Waals surface area (Å²) in [5, 5.41) is 5.83. The number of carbonyl (C=O) groups is 1. The zero-order chi connectivity index (χ0) is 11.8. The summed E-state index contributed by atoms with van der Waals surface area (Å²) in [6.07, 6.45) is 0. The molecule has 0 atom stereocenters. The van der Waals surface area contributed by atoms with Crippen molar-refractivity contribution < 1.29 is 9.53 Å². The van der Waals surface area contributed by atoms with Crippen LogP contribution in [-0.2, 0) is 16.1 Å². The highest BCUT2D eigenvalue weighted by Gasteiger charge is 2.01. The van der Waals surface area contributed by atoms with E-state index >= 15 is 0 Å². The number of halogens is 1. The second-order valence-electron chi connectivity index (χ2n) is 3.41. The first-order valence-corrected chi connectivity index (χ1v) is 5.37. The van der Waals surface area contributed by atoms with Crippen molar-refractivity contribution in [2.45, 2.75) is 13.5 Å². The van der Waals surface area contributed by atoms with Crippen LogP contribution in [-0.4, -0.2) is 26.2 Å². The first kappa shape index (κ1) is 15.9. The van der Waals surface area contributed by atoms with Crippen LogP contribution in [0, 0.1) is 0 Å². The quantitative estimate of drug-likeness (QED) is 0.818. The molecule has 5 heteroatoms. The van der Waals surface area contributed by atoms with Gasteiger partial charge in [0.05, 0.1) is 0 Å². The van der Waals surface area contributed by atoms with Crippen molar-refractivity contribution in [3.05, 3.63) is 29.8 Å². The number of benzene rings is 1. The van der Waals surface area contributed by atoms with Crippen molar-refractivity contribution in [3.63, 3.8) is 0 Å². The van der Waals surface area contributed by atoms with Gasteiger partial charge in [0.25, 0.3) is 0 Å². The predicted molar refractivity (Wildman–Crippen MR) is 71.6 cm³/mol. The molecule has 1 aromatic rings. The topological polar surface area (TPSA) is 50.4 Å². The first-order valence-electron chi connectivity index (χ1n) is 5.37. The van der Waals surface area contributed by atoms with E-state index in [0.717, 1.165) is 12.2 Å². The zero-order valence-corrected chi connectivity index (χ0v) is 11.0. The Labute approximate surface area is 108 Å². The Kier molecular flexibility index (Phi) is 8.40. The summed E-state index contributed by atoms with van der Waals surface area (Å²) in [6.45, 7) is 3.34. The number of carbonyl (C=O) groups excluding carboxylic acids is 1. The van der Waals surface area contributed by atoms with Gasteiger partial charge in [0.1, 0.15) is 6.61 Å². The molecule has 0 spiro atoms. The molecule has 0 fully saturated rings. The fourth-order valence-electron chi connectivity index (χ4n) is 1.30. The Morgan fingerprint density at radius 1 is 1.29 bits per heavy atom. The molecular formula is C12H19ClN2O2. The van der Waals surface area contributed by atoms with Crippen molar-refractivity contribution in [1.82, 2.24) is 5.32 Å². The third kappa shape index (κ3) is 6.26. The molecule has 2 N–H and O–H groups in total. The normalized spacial score (nSPS) is 9.53. The highest BCUT2D eigenvalue weighted by molar-refractivity contribution is 5.91. The van der Waals surface area contributed by atoms with Gasteiger partial charge in [-0.2, -0.15) is 0 Å². The van der Waals surface area contributed by atoms with Crippen molar-refractivity contribution in [3.8, 4) is 0 Å². The molecule has 0 aliphatic carbocycles. The summed E-state index contributed by atoms with van der Waals surface area (Å²) in [5.41, 5.74) is 1.98. The van der Waals surface area contributed by atoms with Crippen LogP contribution in [0.2, 0.25) is 0 Å². The number of amides is 1. The van der Waals surface area contributed by atoms with Crippen molar-refractivity contribution in [2.24, 2.45) is 0 Å². The lowest BCUT2D eigenvalue weighted by molar-refractivity contribution is -0.120. The molecule has 96 valence electrons. The summed E-state index contributed by atoms with van der Waals surface area (Å²) in [5.74, 6) is -0.122. The molecule has 0 radical (unpaired) electrons. The molecule has 1 amide bonds. The van der Waals surface area contributed by atoms with Gasteiger partial charge in [-0.3, -0.25) is 4.79 Å². The van der Waals surface area contributed by atoms with Crippen LogP contribution < -0.4 is 10.6 Å². The van der Waals surface area contributed by atoms with Crippen LogP contribution in [0.25, 0.3) is 0 Å². The Morgan fingerprint density at radius 2 is 1.94 bits per heavy atom. The smallest absolute Gasteiger partial charge is 0.250 e. The Morgan fingerprint density at radius 3 is 2.47 bits per heavy atom. The Bertz CT molecular complexity index is 328. The molecule has 0 saturated carbocycles. The second-order valence-corrected chi connectivity index (χ2v) is 3.41. The average molecular weight is 259 g/mol. The van der Waals surface area contributed by atoms with Gasteiger partial charge in [-0.1, -0.05) is 12.1 Å². The number of hydrogen-bond donors (Lipinski definition) is 2. The Hall–Kier alpha value is -1.10. The van der Waals surface area contributed by atoms with Crippen molar-refractivity contribution >= 4 is 24.0 Å². The van der Waals surface area contributed by atoms with Crippen LogP contribution in [0.5, 0.6) is 0 Å². The van der Waals surface area contributed by atoms with Crippen LogP contribution in [0.15, 0.2) is 24.3 Å². The maximum atomic E-state index is 11.3. The maximum Gasteiger partial charge on any atom is 0.250 e. The lowest BCUT2D eigenvalue weighted by atomic mass is 10.2. The van der Waals surface area contributed by atoms with Gasteiger partial charge in [-0.15, -0.1) is 12.4 Å². The minimum absolute atomic E-state index is 0. The summed E-state index contributed by atoms with van der Waals surface area (Å²) in [4.78, 5) is 11.3. The van der Waals surface area contributed by atoms with E-state index < -0.39 is 0 Å². The number of rotatable bonds is 6. The standard InChI is InChI=1S/C12H18N2O2.ClH/c1-3-16-9-12(15)14-11-6-4-10(5-7-11)8-13-2;/h4-7,13H,3,8-9H2,1-2H3,(H,14,15);1H. The number of anilines is 1. The first-order chi connectivity index (χ1) is 7.76. The zero-order valence-electron chi connectivity index (χ0n) is 10.2. The van der Waals surface area contributed by atoms with Gasteiger partial charge in [0, 0.05) is 18.8 Å². The molecule has 0 aliphatic rings. The van der Waals surface area contributed by atoms with Gasteiger partial charge in [-0.25, -0.2) is 0 Å². The highest BCUT2D eigenvalue weighted by Crippen LogP contribution is 2.09. The maximum absolute atomic E-state index is 11.3. The molecule has 0 unspecified atom stereocenters. The Balaban J connectivity index is 0.00000256. The monoisotopic (exact) mass is 258 g/mol. The molecule has 0 bridgehead atoms. The second kappa shape index (κ2) is 8.98. The molecule has 1 aromatic carbocycles. The van der Waals surface area contributed by atoms with E-state index in [-0.39, 0.29) is 24.9 Å². The fourth-order valence-corrected chi connectivity index (χ4v) is 1.30. The van der Waals surface area contributed by atoms with E-state index in [1.54, 1.807) is 0 Å². The summed E-state index contributed by atoms with van der Waals surface area (Å²) in [7, 11) is 1.90. The number of hydrogen-bond acceptors (Lipinski definition) is 3. The number of ether oxygens (including phenoxy) is 1. The predicted octanol–water partition coefficient (Wildman–Crippen LogP) is 1.80. The van der Waals surface area contributed by atoms with Gasteiger partial charge in [0.2, 0.25) is 5.91 Å². The molecule has 4 nitrogen and oxygen atoms in total. The summed E-state index contributed by atoms with van der Waals surface area (Å²) in [6, 6.07) is 7.73. The van der Waals surface area contributed by atoms with Crippen LogP contribution >= 0.6 is 12.4 Å². The number of nitrogens with one attached hydrogen (secondary N) is 2. The molecule has 0 aromatic heterocycles. The molecule has 0 saturated heterocycles. The SMILES string of the molecule is CCOCC(=O)Nc1ccc(CNC)cc1.Cl. The van der Waals surface area contributed by atoms with E-state index in [1.807, 2.05) is 38.2 Å². The van der Waals surface area contributed by atoms with Crippen molar-refractivity contribution in [2.75, 3.05) is 25.6 Å².